The molecule has 0 bridgehead atoms. The maximum absolute atomic E-state index is 12.3. The number of anilines is 1. The van der Waals surface area contributed by atoms with E-state index in [-0.39, 0.29) is 0 Å². The molecule has 1 aromatic rings. The van der Waals surface area contributed by atoms with Gasteiger partial charge in [-0.1, -0.05) is 0 Å². The predicted octanol–water partition coefficient (Wildman–Crippen LogP) is 2.06. The van der Waals surface area contributed by atoms with E-state index < -0.39 is 17.8 Å². The van der Waals surface area contributed by atoms with Crippen molar-refractivity contribution in [3.63, 3.8) is 0 Å². The van der Waals surface area contributed by atoms with Gasteiger partial charge in [0.25, 0.3) is 0 Å². The van der Waals surface area contributed by atoms with Gasteiger partial charge in [0, 0.05) is 19.3 Å². The fourth-order valence-corrected chi connectivity index (χ4v) is 1.90. The summed E-state index contributed by atoms with van der Waals surface area (Å²) in [7, 11) is 0. The second-order valence-electron chi connectivity index (χ2n) is 4.14. The average Bonchev–Trinajstić information content (AvgIpc) is 2.28. The number of aliphatic hydroxyl groups excluding tert-OH is 1. The molecule has 3 nitrogen and oxygen atoms in total. The van der Waals surface area contributed by atoms with Gasteiger partial charge < -0.3 is 10.0 Å². The highest BCUT2D eigenvalue weighted by Gasteiger charge is 2.31. The van der Waals surface area contributed by atoms with Gasteiger partial charge in [-0.05, 0) is 25.0 Å². The number of piperidine rings is 1. The lowest BCUT2D eigenvalue weighted by Gasteiger charge is -2.31. The van der Waals surface area contributed by atoms with Gasteiger partial charge >= 0.3 is 6.18 Å². The van der Waals surface area contributed by atoms with E-state index >= 15 is 0 Å². The molecule has 1 saturated heterocycles. The number of β-amino-alcohol motifs (C(OH)–C–C–N with tert-alkyl or cyclic N) is 1. The minimum Gasteiger partial charge on any atom is -0.391 e. The molecule has 1 N–H and O–H groups in total. The number of rotatable bonds is 1. The van der Waals surface area contributed by atoms with E-state index in [1.165, 1.54) is 6.07 Å². The molecule has 1 atom stereocenters. The van der Waals surface area contributed by atoms with Crippen molar-refractivity contribution in [3.8, 4) is 0 Å². The molecule has 2 heterocycles. The summed E-state index contributed by atoms with van der Waals surface area (Å²) in [5, 5.41) is 9.48. The fraction of sp³-hybridized carbons (Fsp3) is 0.545. The van der Waals surface area contributed by atoms with Crippen LogP contribution in [0.25, 0.3) is 0 Å². The maximum atomic E-state index is 12.3. The minimum absolute atomic E-state index is 0.423. The lowest BCUT2D eigenvalue weighted by atomic mass is 10.1. The van der Waals surface area contributed by atoms with Crippen LogP contribution in [0.5, 0.6) is 0 Å². The first-order valence-electron chi connectivity index (χ1n) is 5.43. The van der Waals surface area contributed by atoms with Crippen LogP contribution in [0.1, 0.15) is 18.4 Å². The molecule has 0 aromatic carbocycles. The second-order valence-corrected chi connectivity index (χ2v) is 4.14. The highest BCUT2D eigenvalue weighted by atomic mass is 19.4. The van der Waals surface area contributed by atoms with E-state index in [0.29, 0.717) is 12.4 Å². The molecule has 0 unspecified atom stereocenters. The predicted molar refractivity (Wildman–Crippen MR) is 56.7 cm³/mol. The number of pyridine rings is 1. The van der Waals surface area contributed by atoms with Crippen molar-refractivity contribution in [2.75, 3.05) is 18.0 Å². The molecular formula is C11H13F3N2O. The lowest BCUT2D eigenvalue weighted by Crippen LogP contribution is -2.38. The summed E-state index contributed by atoms with van der Waals surface area (Å²) in [6.45, 7) is 1.15. The summed E-state index contributed by atoms with van der Waals surface area (Å²) in [5.74, 6) is 0.483. The van der Waals surface area contributed by atoms with Crippen LogP contribution >= 0.6 is 0 Å². The number of alkyl halides is 3. The quantitative estimate of drug-likeness (QED) is 0.824. The Kier molecular flexibility index (Phi) is 3.24. The number of halogens is 3. The van der Waals surface area contributed by atoms with Gasteiger partial charge in [-0.15, -0.1) is 0 Å². The van der Waals surface area contributed by atoms with Gasteiger partial charge in [-0.3, -0.25) is 0 Å². The topological polar surface area (TPSA) is 36.4 Å². The largest absolute Gasteiger partial charge is 0.417 e. The highest BCUT2D eigenvalue weighted by Crippen LogP contribution is 2.29. The molecule has 1 aromatic heterocycles. The number of hydrogen-bond acceptors (Lipinski definition) is 3. The van der Waals surface area contributed by atoms with E-state index in [1.807, 2.05) is 0 Å². The highest BCUT2D eigenvalue weighted by molar-refractivity contribution is 5.40. The van der Waals surface area contributed by atoms with Gasteiger partial charge in [0.05, 0.1) is 11.7 Å². The van der Waals surface area contributed by atoms with Crippen molar-refractivity contribution in [3.05, 3.63) is 23.9 Å². The van der Waals surface area contributed by atoms with Crippen molar-refractivity contribution in [2.24, 2.45) is 0 Å². The summed E-state index contributed by atoms with van der Waals surface area (Å²) in [6, 6.07) is 2.37. The summed E-state index contributed by atoms with van der Waals surface area (Å²) >= 11 is 0. The minimum atomic E-state index is -4.35. The Bertz CT molecular complexity index is 377. The average molecular weight is 246 g/mol. The Hall–Kier alpha value is -1.30. The molecule has 0 aliphatic carbocycles. The Morgan fingerprint density at radius 2 is 2.12 bits per heavy atom. The van der Waals surface area contributed by atoms with Crippen LogP contribution in [0.3, 0.4) is 0 Å². The normalized spacial score (nSPS) is 21.6. The smallest absolute Gasteiger partial charge is 0.391 e. The van der Waals surface area contributed by atoms with Crippen LogP contribution < -0.4 is 4.90 Å². The lowest BCUT2D eigenvalue weighted by molar-refractivity contribution is -0.137. The molecule has 17 heavy (non-hydrogen) atoms. The Morgan fingerprint density at radius 3 is 2.65 bits per heavy atom. The fourth-order valence-electron chi connectivity index (χ4n) is 1.90. The van der Waals surface area contributed by atoms with Gasteiger partial charge in [0.1, 0.15) is 5.82 Å². The number of aromatic nitrogens is 1. The van der Waals surface area contributed by atoms with Gasteiger partial charge in [-0.25, -0.2) is 4.98 Å². The zero-order valence-electron chi connectivity index (χ0n) is 9.11. The SMILES string of the molecule is O[C@H]1CCCN(c2ccc(C(F)(F)F)cn2)C1. The Balaban J connectivity index is 2.12. The Labute approximate surface area is 96.9 Å². The van der Waals surface area contributed by atoms with E-state index in [9.17, 15) is 18.3 Å². The number of hydrogen-bond donors (Lipinski definition) is 1. The van der Waals surface area contributed by atoms with Crippen LogP contribution in [0.15, 0.2) is 18.3 Å². The molecule has 0 spiro atoms. The molecule has 0 saturated carbocycles. The number of nitrogens with zero attached hydrogens (tertiary/aromatic N) is 2. The van der Waals surface area contributed by atoms with Crippen molar-refractivity contribution < 1.29 is 18.3 Å². The summed E-state index contributed by atoms with van der Waals surface area (Å²) in [4.78, 5) is 5.60. The molecular weight excluding hydrogens is 233 g/mol. The van der Waals surface area contributed by atoms with Crippen LogP contribution in [-0.2, 0) is 6.18 Å². The third-order valence-corrected chi connectivity index (χ3v) is 2.80. The first kappa shape index (κ1) is 12.2. The van der Waals surface area contributed by atoms with E-state index in [1.54, 1.807) is 4.90 Å². The third-order valence-electron chi connectivity index (χ3n) is 2.80. The first-order valence-corrected chi connectivity index (χ1v) is 5.43. The summed E-state index contributed by atoms with van der Waals surface area (Å²) in [6.07, 6.45) is -2.39. The standard InChI is InChI=1S/C11H13F3N2O/c12-11(13,14)8-3-4-10(15-6-8)16-5-1-2-9(17)7-16/h3-4,6,9,17H,1-2,5,7H2/t9-/m0/s1. The van der Waals surface area contributed by atoms with Crippen LogP contribution in [0.4, 0.5) is 19.0 Å². The van der Waals surface area contributed by atoms with Crippen molar-refractivity contribution in [1.29, 1.82) is 0 Å². The van der Waals surface area contributed by atoms with Gasteiger partial charge in [-0.2, -0.15) is 13.2 Å². The summed E-state index contributed by atoms with van der Waals surface area (Å²) < 4.78 is 37.0. The van der Waals surface area contributed by atoms with E-state index in [0.717, 1.165) is 31.6 Å². The molecule has 94 valence electrons. The molecule has 1 fully saturated rings. The van der Waals surface area contributed by atoms with E-state index in [4.69, 9.17) is 0 Å². The van der Waals surface area contributed by atoms with E-state index in [2.05, 4.69) is 4.98 Å². The second kappa shape index (κ2) is 4.52. The Morgan fingerprint density at radius 1 is 1.35 bits per heavy atom. The third kappa shape index (κ3) is 2.88. The molecule has 0 amide bonds. The first-order chi connectivity index (χ1) is 7.97. The molecule has 1 aliphatic rings. The molecule has 0 radical (unpaired) electrons. The van der Waals surface area contributed by atoms with Crippen molar-refractivity contribution in [2.45, 2.75) is 25.1 Å². The van der Waals surface area contributed by atoms with Crippen LogP contribution in [0.2, 0.25) is 0 Å². The monoisotopic (exact) mass is 246 g/mol. The summed E-state index contributed by atoms with van der Waals surface area (Å²) in [5.41, 5.74) is -0.751. The van der Waals surface area contributed by atoms with Crippen molar-refractivity contribution >= 4 is 5.82 Å². The zero-order valence-corrected chi connectivity index (χ0v) is 9.11. The van der Waals surface area contributed by atoms with Gasteiger partial charge in [0.15, 0.2) is 0 Å². The van der Waals surface area contributed by atoms with Crippen molar-refractivity contribution in [1.82, 2.24) is 4.98 Å². The zero-order chi connectivity index (χ0) is 12.5. The van der Waals surface area contributed by atoms with Crippen LogP contribution in [-0.4, -0.2) is 29.3 Å². The molecule has 6 heteroatoms. The van der Waals surface area contributed by atoms with Gasteiger partial charge in [0.2, 0.25) is 0 Å². The molecule has 2 rings (SSSR count). The van der Waals surface area contributed by atoms with Crippen LogP contribution in [0, 0.1) is 0 Å². The maximum Gasteiger partial charge on any atom is 0.417 e. The molecule has 1 aliphatic heterocycles. The number of aliphatic hydroxyl groups is 1.